The fraction of sp³-hybridized carbons (Fsp3) is 0. The van der Waals surface area contributed by atoms with E-state index < -0.39 is 0 Å². The number of hydrogen-bond acceptors (Lipinski definition) is 6. The topological polar surface area (TPSA) is 35.1 Å². The van der Waals surface area contributed by atoms with Crippen LogP contribution in [0.3, 0.4) is 0 Å². The molecule has 19 rings (SSSR count). The predicted octanol–water partition coefficient (Wildman–Crippen LogP) is 19.4. The number of rotatable bonds is 11. The fourth-order valence-electron chi connectivity index (χ4n) is 15.7. The van der Waals surface area contributed by atoms with Crippen LogP contribution in [0.25, 0.3) is 55.6 Å². The van der Waals surface area contributed by atoms with Crippen molar-refractivity contribution in [2.45, 2.75) is 0 Å². The Morgan fingerprint density at radius 3 is 1.19 bits per heavy atom. The van der Waals surface area contributed by atoms with E-state index in [0.29, 0.717) is 0 Å². The Hall–Kier alpha value is -12.6. The van der Waals surface area contributed by atoms with Crippen molar-refractivity contribution in [2.75, 3.05) is 19.6 Å². The van der Waals surface area contributed by atoms with Gasteiger partial charge in [-0.05, 0) is 133 Å². The van der Waals surface area contributed by atoms with Crippen LogP contribution in [0, 0.1) is 0 Å². The molecule has 0 saturated carbocycles. The number of hydrogen-bond donors (Lipinski definition) is 0. The molecule has 8 heteroatoms. The summed E-state index contributed by atoms with van der Waals surface area (Å²) in [5.41, 5.74) is 28.2. The smallest absolute Gasteiger partial charge is 0.258 e. The molecule has 0 fully saturated rings. The van der Waals surface area contributed by atoms with Crippen LogP contribution in [0.5, 0.6) is 11.5 Å². The number of ether oxygens (including phenoxy) is 1. The number of benzene rings is 14. The molecule has 97 heavy (non-hydrogen) atoms. The summed E-state index contributed by atoms with van der Waals surface area (Å²) in [5.74, 6) is 3.31. The van der Waals surface area contributed by atoms with E-state index in [-0.39, 0.29) is 13.4 Å². The summed E-state index contributed by atoms with van der Waals surface area (Å²) in [7, 11) is 0. The van der Waals surface area contributed by atoms with E-state index in [1.165, 1.54) is 10.9 Å². The Morgan fingerprint density at radius 1 is 0.258 bits per heavy atom. The van der Waals surface area contributed by atoms with E-state index in [2.05, 4.69) is 378 Å². The second kappa shape index (κ2) is 23.1. The predicted molar refractivity (Wildman–Crippen MR) is 406 cm³/mol. The Balaban J connectivity index is 0.970. The van der Waals surface area contributed by atoms with Crippen molar-refractivity contribution < 1.29 is 4.74 Å². The molecule has 0 radical (unpaired) electrons. The molecule has 6 nitrogen and oxygen atoms in total. The van der Waals surface area contributed by atoms with Gasteiger partial charge < -0.3 is 14.5 Å². The lowest BCUT2D eigenvalue weighted by Crippen LogP contribution is -2.65. The quantitative estimate of drug-likeness (QED) is 0.120. The molecule has 1 aromatic heterocycles. The zero-order valence-electron chi connectivity index (χ0n) is 52.9. The first-order valence-electron chi connectivity index (χ1n) is 33.3. The van der Waals surface area contributed by atoms with Crippen LogP contribution >= 0.6 is 0 Å². The molecule has 4 aliphatic heterocycles. The van der Waals surface area contributed by atoms with Gasteiger partial charge in [-0.15, -0.1) is 0 Å². The number of aromatic nitrogens is 1. The summed E-state index contributed by atoms with van der Waals surface area (Å²) in [4.78, 5) is 16.5. The molecule has 0 N–H and O–H groups in total. The zero-order valence-corrected chi connectivity index (χ0v) is 52.9. The van der Waals surface area contributed by atoms with E-state index in [4.69, 9.17) is 9.72 Å². The second-order valence-electron chi connectivity index (χ2n) is 25.3. The third kappa shape index (κ3) is 9.17. The first-order valence-corrected chi connectivity index (χ1v) is 33.3. The molecular weight excluding hydrogens is 1180 g/mol. The zero-order chi connectivity index (χ0) is 63.9. The van der Waals surface area contributed by atoms with Gasteiger partial charge in [0.1, 0.15) is 23.1 Å². The minimum Gasteiger partial charge on any atom is -0.458 e. The van der Waals surface area contributed by atoms with E-state index in [1.54, 1.807) is 0 Å². The normalized spacial score (nSPS) is 12.7. The molecule has 0 saturated heterocycles. The Kier molecular flexibility index (Phi) is 13.3. The van der Waals surface area contributed by atoms with Crippen LogP contribution in [-0.2, 0) is 0 Å². The van der Waals surface area contributed by atoms with E-state index in [1.807, 2.05) is 0 Å². The van der Waals surface area contributed by atoms with Crippen molar-refractivity contribution >= 4 is 115 Å². The van der Waals surface area contributed by atoms with Gasteiger partial charge in [-0.1, -0.05) is 285 Å². The monoisotopic (exact) mass is 1240 g/mol. The van der Waals surface area contributed by atoms with Crippen LogP contribution in [0.2, 0.25) is 0 Å². The standard InChI is InChI=1S/C89H59B2N5O/c1-9-31-60(32-10-1)65-55-79-84-80(56-65)96(87-72(63-37-15-4-16-38-63)49-30-50-73(87)64-39-17-5-18-40-64)89-77(90(84)74-51-25-27-53-78(74)95(79)86-70(61-33-11-2-12-34-61)47-29-48-71(86)62-35-13-3-14-36-62)59-76-88(92-89)94(68-45-23-8-24-46-68)81-57-69(58-83-85(81)91(76)75-52-26-28-54-82(75)97-83)93(66-41-19-6-20-42-66)67-43-21-7-22-44-67/h1-59H. The van der Waals surface area contributed by atoms with Crippen molar-refractivity contribution in [3.8, 4) is 67.1 Å². The van der Waals surface area contributed by atoms with Crippen molar-refractivity contribution in [3.63, 3.8) is 0 Å². The lowest BCUT2D eigenvalue weighted by atomic mass is 9.31. The number of pyridine rings is 1. The van der Waals surface area contributed by atoms with Crippen molar-refractivity contribution in [1.82, 2.24) is 4.98 Å². The highest BCUT2D eigenvalue weighted by atomic mass is 16.5. The van der Waals surface area contributed by atoms with Crippen molar-refractivity contribution in [2.24, 2.45) is 0 Å². The van der Waals surface area contributed by atoms with E-state index in [0.717, 1.165) is 157 Å². The van der Waals surface area contributed by atoms with Crippen molar-refractivity contribution in [3.05, 3.63) is 358 Å². The van der Waals surface area contributed by atoms with Gasteiger partial charge in [0.15, 0.2) is 0 Å². The van der Waals surface area contributed by atoms with Gasteiger partial charge in [0.05, 0.1) is 17.1 Å². The van der Waals surface area contributed by atoms with Crippen LogP contribution in [0.1, 0.15) is 0 Å². The third-order valence-electron chi connectivity index (χ3n) is 19.8. The van der Waals surface area contributed by atoms with Gasteiger partial charge in [-0.3, -0.25) is 9.80 Å². The molecule has 0 spiro atoms. The van der Waals surface area contributed by atoms with Crippen LogP contribution in [-0.4, -0.2) is 18.4 Å². The summed E-state index contributed by atoms with van der Waals surface area (Å²) in [6, 6.07) is 130. The van der Waals surface area contributed by atoms with Gasteiger partial charge in [0.2, 0.25) is 0 Å². The molecule has 15 aromatic rings. The Labute approximate surface area is 565 Å². The van der Waals surface area contributed by atoms with Gasteiger partial charge in [-0.2, -0.15) is 0 Å². The number of nitrogens with zero attached hydrogens (tertiary/aromatic N) is 5. The third-order valence-corrected chi connectivity index (χ3v) is 19.8. The van der Waals surface area contributed by atoms with Gasteiger partial charge >= 0.3 is 0 Å². The molecule has 0 aliphatic carbocycles. The first-order chi connectivity index (χ1) is 48.2. The second-order valence-corrected chi connectivity index (χ2v) is 25.3. The largest absolute Gasteiger partial charge is 0.458 e. The molecule has 452 valence electrons. The van der Waals surface area contributed by atoms with E-state index >= 15 is 0 Å². The van der Waals surface area contributed by atoms with Crippen LogP contribution in [0.4, 0.5) is 68.5 Å². The van der Waals surface area contributed by atoms with Crippen LogP contribution in [0.15, 0.2) is 358 Å². The highest BCUT2D eigenvalue weighted by molar-refractivity contribution is 7.02. The van der Waals surface area contributed by atoms with Gasteiger partial charge in [-0.25, -0.2) is 4.98 Å². The highest BCUT2D eigenvalue weighted by Gasteiger charge is 2.50. The summed E-state index contributed by atoms with van der Waals surface area (Å²) < 4.78 is 7.34. The molecular formula is C89H59B2N5O. The maximum absolute atomic E-state index is 7.34. The van der Waals surface area contributed by atoms with Gasteiger partial charge in [0, 0.05) is 68.1 Å². The summed E-state index contributed by atoms with van der Waals surface area (Å²) in [6.07, 6.45) is 0. The molecule has 0 atom stereocenters. The molecule has 4 aliphatic rings. The summed E-state index contributed by atoms with van der Waals surface area (Å²) >= 11 is 0. The average Bonchev–Trinajstić information content (AvgIpc) is 0.683. The number of fused-ring (bicyclic) bond motifs is 8. The molecule has 14 aromatic carbocycles. The summed E-state index contributed by atoms with van der Waals surface area (Å²) in [6.45, 7) is -0.598. The lowest BCUT2D eigenvalue weighted by Gasteiger charge is -2.46. The van der Waals surface area contributed by atoms with Crippen LogP contribution < -0.4 is 57.1 Å². The minimum atomic E-state index is -0.312. The Morgan fingerprint density at radius 2 is 0.660 bits per heavy atom. The number of para-hydroxylation sites is 7. The van der Waals surface area contributed by atoms with Crippen molar-refractivity contribution in [1.29, 1.82) is 0 Å². The highest BCUT2D eigenvalue weighted by Crippen LogP contribution is 2.54. The lowest BCUT2D eigenvalue weighted by molar-refractivity contribution is 0.487. The molecule has 0 unspecified atom stereocenters. The molecule has 5 heterocycles. The summed E-state index contributed by atoms with van der Waals surface area (Å²) in [5, 5.41) is 0. The SMILES string of the molecule is c1ccc(-c2cc3c4c(c2)N(c2c(-c5ccccc5)cccc2-c2ccccc2)c2nc5c(cc2B4c2ccccc2N3c2c(-c3ccccc3)cccc2-c2ccccc2)B2c3ccccc3Oc3cc(N(c4ccccc4)c4ccccc4)cc(c32)N5c2ccccc2)cc1. The minimum absolute atomic E-state index is 0.286. The maximum Gasteiger partial charge on any atom is 0.258 e. The van der Waals surface area contributed by atoms with E-state index in [9.17, 15) is 0 Å². The Bertz CT molecular complexity index is 5360. The molecule has 0 bridgehead atoms. The first kappa shape index (κ1) is 55.9. The maximum atomic E-state index is 7.34. The van der Waals surface area contributed by atoms with Gasteiger partial charge in [0.25, 0.3) is 13.4 Å². The molecule has 0 amide bonds. The fourth-order valence-corrected chi connectivity index (χ4v) is 15.7. The average molecular weight is 1240 g/mol. The number of anilines is 12.